The number of rotatable bonds is 5. The van der Waals surface area contributed by atoms with Crippen molar-refractivity contribution >= 4 is 0 Å². The maximum atomic E-state index is 4.04. The summed E-state index contributed by atoms with van der Waals surface area (Å²) in [6, 6.07) is 0. The molecular formula is C12H22. The fourth-order valence-corrected chi connectivity index (χ4v) is 1.68. The van der Waals surface area contributed by atoms with Crippen LogP contribution in [0.3, 0.4) is 0 Å². The lowest BCUT2D eigenvalue weighted by Gasteiger charge is -2.25. The lowest BCUT2D eigenvalue weighted by Crippen LogP contribution is -2.12. The van der Waals surface area contributed by atoms with Crippen molar-refractivity contribution in [2.75, 3.05) is 0 Å². The summed E-state index contributed by atoms with van der Waals surface area (Å²) < 4.78 is 0. The molecule has 0 aromatic rings. The van der Waals surface area contributed by atoms with E-state index in [0.717, 1.165) is 19.3 Å². The lowest BCUT2D eigenvalue weighted by atomic mass is 9.80. The summed E-state index contributed by atoms with van der Waals surface area (Å²) in [5.74, 6) is 0. The molecule has 0 aliphatic carbocycles. The van der Waals surface area contributed by atoms with Crippen molar-refractivity contribution in [2.24, 2.45) is 5.41 Å². The minimum atomic E-state index is 0.346. The summed E-state index contributed by atoms with van der Waals surface area (Å²) in [6.45, 7) is 16.8. The monoisotopic (exact) mass is 166 g/mol. The van der Waals surface area contributed by atoms with Crippen molar-refractivity contribution in [1.82, 2.24) is 0 Å². The largest absolute Gasteiger partial charge is 0.100 e. The standard InChI is InChI=1S/C12H22/c1-7-11(4)9-12(5,6)8-10(2)3/h2,4,7-9H2,1,3,5-6H3. The number of hydrogen-bond acceptors (Lipinski definition) is 0. The minimum absolute atomic E-state index is 0.346. The van der Waals surface area contributed by atoms with Crippen molar-refractivity contribution in [3.63, 3.8) is 0 Å². The lowest BCUT2D eigenvalue weighted by molar-refractivity contribution is 0.356. The first kappa shape index (κ1) is 11.5. The van der Waals surface area contributed by atoms with Crippen LogP contribution in [0.25, 0.3) is 0 Å². The summed E-state index contributed by atoms with van der Waals surface area (Å²) >= 11 is 0. The van der Waals surface area contributed by atoms with E-state index in [9.17, 15) is 0 Å². The maximum Gasteiger partial charge on any atom is -0.0268 e. The molecule has 0 N–H and O–H groups in total. The van der Waals surface area contributed by atoms with Crippen LogP contribution in [0.2, 0.25) is 0 Å². The Morgan fingerprint density at radius 1 is 1.17 bits per heavy atom. The Labute approximate surface area is 77.4 Å². The molecule has 70 valence electrons. The predicted octanol–water partition coefficient (Wildman–Crippen LogP) is 4.34. The molecule has 0 spiro atoms. The first-order valence-corrected chi connectivity index (χ1v) is 4.68. The fourth-order valence-electron chi connectivity index (χ4n) is 1.68. The maximum absolute atomic E-state index is 4.04. The van der Waals surface area contributed by atoms with Gasteiger partial charge in [0.15, 0.2) is 0 Å². The van der Waals surface area contributed by atoms with Crippen LogP contribution in [0.5, 0.6) is 0 Å². The molecule has 0 nitrogen and oxygen atoms in total. The summed E-state index contributed by atoms with van der Waals surface area (Å²) in [5, 5.41) is 0. The zero-order valence-corrected chi connectivity index (χ0v) is 9.04. The molecule has 0 aromatic carbocycles. The van der Waals surface area contributed by atoms with Gasteiger partial charge in [-0.25, -0.2) is 0 Å². The van der Waals surface area contributed by atoms with Gasteiger partial charge in [-0.15, -0.1) is 6.58 Å². The molecule has 0 aromatic heterocycles. The van der Waals surface area contributed by atoms with Crippen LogP contribution >= 0.6 is 0 Å². The molecule has 0 saturated carbocycles. The number of hydrogen-bond donors (Lipinski definition) is 0. The van der Waals surface area contributed by atoms with Gasteiger partial charge in [0.25, 0.3) is 0 Å². The second kappa shape index (κ2) is 4.49. The van der Waals surface area contributed by atoms with Gasteiger partial charge in [-0.05, 0) is 31.6 Å². The highest BCUT2D eigenvalue weighted by molar-refractivity contribution is 5.02. The molecule has 0 saturated heterocycles. The van der Waals surface area contributed by atoms with Gasteiger partial charge < -0.3 is 0 Å². The van der Waals surface area contributed by atoms with Crippen LogP contribution in [-0.2, 0) is 0 Å². The average Bonchev–Trinajstić information content (AvgIpc) is 1.83. The molecule has 0 fully saturated rings. The molecule has 0 heterocycles. The van der Waals surface area contributed by atoms with E-state index in [1.165, 1.54) is 11.1 Å². The third-order valence-corrected chi connectivity index (χ3v) is 2.01. The highest BCUT2D eigenvalue weighted by Crippen LogP contribution is 2.31. The normalized spacial score (nSPS) is 11.3. The van der Waals surface area contributed by atoms with Crippen LogP contribution in [0.4, 0.5) is 0 Å². The Bertz CT molecular complexity index is 172. The van der Waals surface area contributed by atoms with Crippen LogP contribution in [-0.4, -0.2) is 0 Å². The van der Waals surface area contributed by atoms with Crippen LogP contribution < -0.4 is 0 Å². The Hall–Kier alpha value is -0.520. The van der Waals surface area contributed by atoms with E-state index in [4.69, 9.17) is 0 Å². The summed E-state index contributed by atoms with van der Waals surface area (Å²) in [6.07, 6.45) is 3.32. The molecule has 0 bridgehead atoms. The van der Waals surface area contributed by atoms with E-state index in [2.05, 4.69) is 40.9 Å². The Balaban J connectivity index is 4.03. The molecule has 0 atom stereocenters. The molecule has 0 radical (unpaired) electrons. The predicted molar refractivity (Wildman–Crippen MR) is 57.3 cm³/mol. The van der Waals surface area contributed by atoms with Gasteiger partial charge in [0.05, 0.1) is 0 Å². The van der Waals surface area contributed by atoms with E-state index >= 15 is 0 Å². The average molecular weight is 166 g/mol. The van der Waals surface area contributed by atoms with E-state index in [0.29, 0.717) is 5.41 Å². The van der Waals surface area contributed by atoms with Crippen molar-refractivity contribution in [1.29, 1.82) is 0 Å². The molecule has 0 aliphatic rings. The summed E-state index contributed by atoms with van der Waals surface area (Å²) in [5.41, 5.74) is 2.96. The third kappa shape index (κ3) is 5.17. The Morgan fingerprint density at radius 2 is 1.67 bits per heavy atom. The molecule has 0 aliphatic heterocycles. The van der Waals surface area contributed by atoms with Gasteiger partial charge >= 0.3 is 0 Å². The van der Waals surface area contributed by atoms with Gasteiger partial charge in [-0.3, -0.25) is 0 Å². The van der Waals surface area contributed by atoms with E-state index in [1.807, 2.05) is 0 Å². The molecular weight excluding hydrogens is 144 g/mol. The van der Waals surface area contributed by atoms with Crippen LogP contribution in [0.15, 0.2) is 24.3 Å². The zero-order chi connectivity index (χ0) is 9.78. The summed E-state index contributed by atoms with van der Waals surface area (Å²) in [7, 11) is 0. The number of allylic oxidation sites excluding steroid dienone is 2. The highest BCUT2D eigenvalue weighted by Gasteiger charge is 2.18. The molecule has 0 heteroatoms. The smallest absolute Gasteiger partial charge is 0.0268 e. The van der Waals surface area contributed by atoms with Crippen LogP contribution in [0, 0.1) is 5.41 Å². The van der Waals surface area contributed by atoms with Crippen molar-refractivity contribution in [3.05, 3.63) is 24.3 Å². The van der Waals surface area contributed by atoms with Gasteiger partial charge in [-0.1, -0.05) is 38.5 Å². The first-order chi connectivity index (χ1) is 5.37. The molecule has 0 rings (SSSR count). The van der Waals surface area contributed by atoms with Gasteiger partial charge in [-0.2, -0.15) is 0 Å². The first-order valence-electron chi connectivity index (χ1n) is 4.68. The van der Waals surface area contributed by atoms with E-state index < -0.39 is 0 Å². The zero-order valence-electron chi connectivity index (χ0n) is 9.04. The molecule has 0 amide bonds. The minimum Gasteiger partial charge on any atom is -0.100 e. The highest BCUT2D eigenvalue weighted by atomic mass is 14.2. The third-order valence-electron chi connectivity index (χ3n) is 2.01. The van der Waals surface area contributed by atoms with Crippen molar-refractivity contribution in [2.45, 2.75) is 47.0 Å². The second-order valence-corrected chi connectivity index (χ2v) is 4.58. The van der Waals surface area contributed by atoms with Crippen molar-refractivity contribution < 1.29 is 0 Å². The quantitative estimate of drug-likeness (QED) is 0.533. The van der Waals surface area contributed by atoms with E-state index in [-0.39, 0.29) is 0 Å². The van der Waals surface area contributed by atoms with Gasteiger partial charge in [0, 0.05) is 0 Å². The van der Waals surface area contributed by atoms with Crippen LogP contribution in [0.1, 0.15) is 47.0 Å². The topological polar surface area (TPSA) is 0 Å². The fraction of sp³-hybridized carbons (Fsp3) is 0.667. The van der Waals surface area contributed by atoms with E-state index in [1.54, 1.807) is 0 Å². The SMILES string of the molecule is C=C(C)CC(C)(C)CC(=C)CC. The Morgan fingerprint density at radius 3 is 2.00 bits per heavy atom. The summed E-state index contributed by atoms with van der Waals surface area (Å²) in [4.78, 5) is 0. The molecule has 0 unspecified atom stereocenters. The second-order valence-electron chi connectivity index (χ2n) is 4.58. The van der Waals surface area contributed by atoms with Gasteiger partial charge in [0.1, 0.15) is 0 Å². The van der Waals surface area contributed by atoms with Gasteiger partial charge in [0.2, 0.25) is 0 Å². The Kier molecular flexibility index (Phi) is 4.30. The molecule has 12 heavy (non-hydrogen) atoms. The van der Waals surface area contributed by atoms with Crippen molar-refractivity contribution in [3.8, 4) is 0 Å².